The number of pyridine rings is 1. The molecule has 1 aliphatic heterocycles. The Morgan fingerprint density at radius 2 is 2.04 bits per heavy atom. The number of nitrogens with zero attached hydrogens (tertiary/aromatic N) is 3. The van der Waals surface area contributed by atoms with E-state index in [1.807, 2.05) is 41.3 Å². The van der Waals surface area contributed by atoms with Crippen molar-refractivity contribution >= 4 is 29.0 Å². The van der Waals surface area contributed by atoms with Crippen molar-refractivity contribution in [1.29, 1.82) is 0 Å². The molecule has 1 aromatic heterocycles. The van der Waals surface area contributed by atoms with E-state index < -0.39 is 0 Å². The molecule has 2 heterocycles. The van der Waals surface area contributed by atoms with Crippen LogP contribution >= 0.6 is 11.6 Å². The Kier molecular flexibility index (Phi) is 6.30. The van der Waals surface area contributed by atoms with Gasteiger partial charge in [0.2, 0.25) is 0 Å². The molecule has 0 aliphatic carbocycles. The minimum atomic E-state index is 0.0201. The van der Waals surface area contributed by atoms with Crippen LogP contribution in [0.2, 0.25) is 5.02 Å². The standard InChI is InChI=1S/C19H23ClN4O2/c1-26-12-7-21-18-6-5-15(14-22-18)19(25)24-10-8-23(9-11-24)17-4-2-3-16(20)13-17/h2-6,13-14H,7-12H2,1H3,(H,21,22). The summed E-state index contributed by atoms with van der Waals surface area (Å²) in [6.45, 7) is 4.23. The third-order valence-electron chi connectivity index (χ3n) is 4.36. The third kappa shape index (κ3) is 4.65. The molecule has 2 aromatic rings. The number of amides is 1. The first-order valence-electron chi connectivity index (χ1n) is 8.66. The predicted molar refractivity (Wildman–Crippen MR) is 104 cm³/mol. The number of rotatable bonds is 6. The number of aromatic nitrogens is 1. The van der Waals surface area contributed by atoms with E-state index in [0.717, 1.165) is 29.6 Å². The second-order valence-corrected chi connectivity index (χ2v) is 6.55. The van der Waals surface area contributed by atoms with E-state index in [-0.39, 0.29) is 5.91 Å². The molecule has 1 aliphatic rings. The molecule has 7 heteroatoms. The minimum Gasteiger partial charge on any atom is -0.383 e. The highest BCUT2D eigenvalue weighted by molar-refractivity contribution is 6.30. The molecule has 0 unspecified atom stereocenters. The van der Waals surface area contributed by atoms with Crippen LogP contribution in [0.3, 0.4) is 0 Å². The lowest BCUT2D eigenvalue weighted by molar-refractivity contribution is 0.0746. The first-order valence-corrected chi connectivity index (χ1v) is 9.04. The van der Waals surface area contributed by atoms with Crippen LogP contribution in [0.15, 0.2) is 42.6 Å². The lowest BCUT2D eigenvalue weighted by atomic mass is 10.2. The van der Waals surface area contributed by atoms with Gasteiger partial charge >= 0.3 is 0 Å². The van der Waals surface area contributed by atoms with Crippen molar-refractivity contribution in [1.82, 2.24) is 9.88 Å². The van der Waals surface area contributed by atoms with E-state index in [4.69, 9.17) is 16.3 Å². The minimum absolute atomic E-state index is 0.0201. The van der Waals surface area contributed by atoms with E-state index >= 15 is 0 Å². The van der Waals surface area contributed by atoms with Crippen molar-refractivity contribution in [3.63, 3.8) is 0 Å². The van der Waals surface area contributed by atoms with Crippen molar-refractivity contribution in [2.24, 2.45) is 0 Å². The summed E-state index contributed by atoms with van der Waals surface area (Å²) in [6.07, 6.45) is 1.63. The van der Waals surface area contributed by atoms with Gasteiger partial charge in [-0.2, -0.15) is 0 Å². The molecule has 0 bridgehead atoms. The van der Waals surface area contributed by atoms with Crippen LogP contribution in [0.25, 0.3) is 0 Å². The fourth-order valence-corrected chi connectivity index (χ4v) is 3.11. The molecule has 1 aromatic carbocycles. The molecule has 1 amide bonds. The highest BCUT2D eigenvalue weighted by atomic mass is 35.5. The molecule has 0 radical (unpaired) electrons. The number of methoxy groups -OCH3 is 1. The number of piperazine rings is 1. The van der Waals surface area contributed by atoms with Gasteiger partial charge in [-0.25, -0.2) is 4.98 Å². The Balaban J connectivity index is 1.54. The lowest BCUT2D eigenvalue weighted by Crippen LogP contribution is -2.48. The summed E-state index contributed by atoms with van der Waals surface area (Å²) in [5.41, 5.74) is 1.70. The normalized spacial score (nSPS) is 14.4. The summed E-state index contributed by atoms with van der Waals surface area (Å²) >= 11 is 6.07. The zero-order valence-electron chi connectivity index (χ0n) is 14.8. The summed E-state index contributed by atoms with van der Waals surface area (Å²) in [5, 5.41) is 3.87. The summed E-state index contributed by atoms with van der Waals surface area (Å²) in [7, 11) is 1.66. The largest absolute Gasteiger partial charge is 0.383 e. The van der Waals surface area contributed by atoms with Gasteiger partial charge in [-0.1, -0.05) is 17.7 Å². The number of ether oxygens (including phenoxy) is 1. The Bertz CT molecular complexity index is 731. The van der Waals surface area contributed by atoms with Gasteiger partial charge in [0.15, 0.2) is 0 Å². The summed E-state index contributed by atoms with van der Waals surface area (Å²) in [5.74, 6) is 0.760. The molecule has 138 valence electrons. The maximum atomic E-state index is 12.7. The van der Waals surface area contributed by atoms with Gasteiger partial charge in [0.25, 0.3) is 5.91 Å². The van der Waals surface area contributed by atoms with Crippen molar-refractivity contribution in [2.75, 3.05) is 56.7 Å². The van der Waals surface area contributed by atoms with Crippen LogP contribution in [0.1, 0.15) is 10.4 Å². The summed E-state index contributed by atoms with van der Waals surface area (Å²) in [6, 6.07) is 11.5. The van der Waals surface area contributed by atoms with Crippen LogP contribution in [0.5, 0.6) is 0 Å². The molecule has 26 heavy (non-hydrogen) atoms. The Hall–Kier alpha value is -2.31. The van der Waals surface area contributed by atoms with E-state index in [1.165, 1.54) is 0 Å². The number of halogens is 1. The number of benzene rings is 1. The zero-order valence-corrected chi connectivity index (χ0v) is 15.6. The Morgan fingerprint density at radius 3 is 2.69 bits per heavy atom. The molecule has 1 fully saturated rings. The number of nitrogens with one attached hydrogen (secondary N) is 1. The zero-order chi connectivity index (χ0) is 18.4. The van der Waals surface area contributed by atoms with Crippen LogP contribution in [-0.2, 0) is 4.74 Å². The van der Waals surface area contributed by atoms with Gasteiger partial charge < -0.3 is 19.9 Å². The monoisotopic (exact) mass is 374 g/mol. The summed E-state index contributed by atoms with van der Waals surface area (Å²) < 4.78 is 4.99. The van der Waals surface area contributed by atoms with Gasteiger partial charge in [0, 0.05) is 56.7 Å². The molecule has 0 atom stereocenters. The number of carbonyl (C=O) groups excluding carboxylic acids is 1. The fraction of sp³-hybridized carbons (Fsp3) is 0.368. The number of anilines is 2. The van der Waals surface area contributed by atoms with E-state index in [1.54, 1.807) is 13.3 Å². The maximum Gasteiger partial charge on any atom is 0.255 e. The van der Waals surface area contributed by atoms with Gasteiger partial charge in [-0.05, 0) is 30.3 Å². The van der Waals surface area contributed by atoms with Gasteiger partial charge in [0.1, 0.15) is 5.82 Å². The lowest BCUT2D eigenvalue weighted by Gasteiger charge is -2.36. The molecular weight excluding hydrogens is 352 g/mol. The second-order valence-electron chi connectivity index (χ2n) is 6.11. The van der Waals surface area contributed by atoms with E-state index in [9.17, 15) is 4.79 Å². The SMILES string of the molecule is COCCNc1ccc(C(=O)N2CCN(c3cccc(Cl)c3)CC2)cn1. The highest BCUT2D eigenvalue weighted by Gasteiger charge is 2.22. The topological polar surface area (TPSA) is 57.7 Å². The van der Waals surface area contributed by atoms with Gasteiger partial charge in [-0.3, -0.25) is 4.79 Å². The smallest absolute Gasteiger partial charge is 0.255 e. The highest BCUT2D eigenvalue weighted by Crippen LogP contribution is 2.21. The quantitative estimate of drug-likeness (QED) is 0.788. The average molecular weight is 375 g/mol. The number of hydrogen-bond donors (Lipinski definition) is 1. The molecule has 0 saturated carbocycles. The summed E-state index contributed by atoms with van der Waals surface area (Å²) in [4.78, 5) is 21.1. The Labute approximate surface area is 158 Å². The molecule has 1 saturated heterocycles. The number of carbonyl (C=O) groups is 1. The molecule has 0 spiro atoms. The van der Waals surface area contributed by atoms with Crippen LogP contribution in [0, 0.1) is 0 Å². The van der Waals surface area contributed by atoms with Crippen molar-refractivity contribution in [3.05, 3.63) is 53.2 Å². The second kappa shape index (κ2) is 8.87. The fourth-order valence-electron chi connectivity index (χ4n) is 2.93. The first kappa shape index (κ1) is 18.5. The van der Waals surface area contributed by atoms with Crippen molar-refractivity contribution in [2.45, 2.75) is 0 Å². The van der Waals surface area contributed by atoms with E-state index in [0.29, 0.717) is 31.8 Å². The molecule has 1 N–H and O–H groups in total. The first-order chi connectivity index (χ1) is 12.7. The van der Waals surface area contributed by atoms with Crippen LogP contribution in [-0.4, -0.2) is 62.2 Å². The Morgan fingerprint density at radius 1 is 1.23 bits per heavy atom. The molecular formula is C19H23ClN4O2. The van der Waals surface area contributed by atoms with Crippen molar-refractivity contribution in [3.8, 4) is 0 Å². The maximum absolute atomic E-state index is 12.7. The van der Waals surface area contributed by atoms with Gasteiger partial charge in [0.05, 0.1) is 12.2 Å². The predicted octanol–water partition coefficient (Wildman–Crippen LogP) is 2.76. The average Bonchev–Trinajstić information content (AvgIpc) is 2.68. The molecule has 3 rings (SSSR count). The third-order valence-corrected chi connectivity index (χ3v) is 4.60. The van der Waals surface area contributed by atoms with E-state index in [2.05, 4.69) is 15.2 Å². The van der Waals surface area contributed by atoms with Crippen molar-refractivity contribution < 1.29 is 9.53 Å². The molecule has 6 nitrogen and oxygen atoms in total. The van der Waals surface area contributed by atoms with Gasteiger partial charge in [-0.15, -0.1) is 0 Å². The van der Waals surface area contributed by atoms with Crippen LogP contribution < -0.4 is 10.2 Å². The van der Waals surface area contributed by atoms with Crippen LogP contribution in [0.4, 0.5) is 11.5 Å². The number of hydrogen-bond acceptors (Lipinski definition) is 5.